The summed E-state index contributed by atoms with van der Waals surface area (Å²) in [7, 11) is 0. The Morgan fingerprint density at radius 1 is 1.25 bits per heavy atom. The Bertz CT molecular complexity index is 353. The van der Waals surface area contributed by atoms with Gasteiger partial charge in [0.15, 0.2) is 0 Å². The number of thiazole rings is 1. The molecule has 0 amide bonds. The lowest BCUT2D eigenvalue weighted by Gasteiger charge is -2.26. The Kier molecular flexibility index (Phi) is 3.01. The summed E-state index contributed by atoms with van der Waals surface area (Å²) < 4.78 is 0. The summed E-state index contributed by atoms with van der Waals surface area (Å²) >= 11 is 1.93. The van der Waals surface area contributed by atoms with Gasteiger partial charge in [-0.05, 0) is 31.6 Å². The van der Waals surface area contributed by atoms with Crippen LogP contribution in [0.5, 0.6) is 0 Å². The molecule has 0 aliphatic heterocycles. The second-order valence-corrected chi connectivity index (χ2v) is 6.41. The number of hydrogen-bond donors (Lipinski definition) is 0. The van der Waals surface area contributed by atoms with Gasteiger partial charge in [-0.3, -0.25) is 0 Å². The molecule has 1 heterocycles. The van der Waals surface area contributed by atoms with Crippen LogP contribution in [0.4, 0.5) is 0 Å². The molecule has 1 nitrogen and oxygen atoms in total. The van der Waals surface area contributed by atoms with Gasteiger partial charge in [-0.1, -0.05) is 26.2 Å². The summed E-state index contributed by atoms with van der Waals surface area (Å²) in [5, 5.41) is 3.77. The highest BCUT2D eigenvalue weighted by Crippen LogP contribution is 2.43. The molecule has 3 rings (SSSR count). The van der Waals surface area contributed by atoms with Crippen LogP contribution < -0.4 is 0 Å². The molecule has 2 unspecified atom stereocenters. The van der Waals surface area contributed by atoms with Crippen molar-refractivity contribution in [2.45, 2.75) is 63.7 Å². The van der Waals surface area contributed by atoms with Gasteiger partial charge in [0.05, 0.1) is 10.7 Å². The van der Waals surface area contributed by atoms with Crippen molar-refractivity contribution in [3.63, 3.8) is 0 Å². The lowest BCUT2D eigenvalue weighted by atomic mass is 9.80. The molecule has 0 N–H and O–H groups in total. The van der Waals surface area contributed by atoms with Gasteiger partial charge in [-0.2, -0.15) is 0 Å². The van der Waals surface area contributed by atoms with Gasteiger partial charge in [0.2, 0.25) is 0 Å². The van der Waals surface area contributed by atoms with Gasteiger partial charge in [-0.25, -0.2) is 4.98 Å². The van der Waals surface area contributed by atoms with E-state index in [0.717, 1.165) is 17.8 Å². The van der Waals surface area contributed by atoms with E-state index in [-0.39, 0.29) is 0 Å². The average molecular weight is 235 g/mol. The highest BCUT2D eigenvalue weighted by atomic mass is 32.1. The second kappa shape index (κ2) is 4.48. The highest BCUT2D eigenvalue weighted by molar-refractivity contribution is 7.09. The average Bonchev–Trinajstić information content (AvgIpc) is 3.07. The molecule has 2 atom stereocenters. The van der Waals surface area contributed by atoms with E-state index < -0.39 is 0 Å². The summed E-state index contributed by atoms with van der Waals surface area (Å²) in [6.45, 7) is 2.34. The van der Waals surface area contributed by atoms with Gasteiger partial charge in [0.1, 0.15) is 0 Å². The Morgan fingerprint density at radius 3 is 2.88 bits per heavy atom. The Hall–Kier alpha value is -0.370. The molecule has 0 bridgehead atoms. The van der Waals surface area contributed by atoms with Crippen molar-refractivity contribution < 1.29 is 0 Å². The number of nitrogens with zero attached hydrogens (tertiary/aromatic N) is 1. The first-order chi connectivity index (χ1) is 7.86. The molecule has 2 fully saturated rings. The van der Waals surface area contributed by atoms with Crippen LogP contribution in [0.25, 0.3) is 0 Å². The van der Waals surface area contributed by atoms with Crippen LogP contribution >= 0.6 is 11.3 Å². The highest BCUT2D eigenvalue weighted by Gasteiger charge is 2.29. The number of rotatable bonds is 3. The van der Waals surface area contributed by atoms with E-state index in [2.05, 4.69) is 12.3 Å². The molecular formula is C14H21NS. The smallest absolute Gasteiger partial charge is 0.0959 e. The molecule has 1 aromatic heterocycles. The summed E-state index contributed by atoms with van der Waals surface area (Å²) in [5.41, 5.74) is 1.40. The van der Waals surface area contributed by atoms with Crippen molar-refractivity contribution in [1.29, 1.82) is 0 Å². The number of hydrogen-bond acceptors (Lipinski definition) is 2. The molecular weight excluding hydrogens is 214 g/mol. The summed E-state index contributed by atoms with van der Waals surface area (Å²) in [5.74, 6) is 2.58. The lowest BCUT2D eigenvalue weighted by molar-refractivity contribution is 0.314. The molecule has 0 saturated heterocycles. The fourth-order valence-electron chi connectivity index (χ4n) is 2.94. The van der Waals surface area contributed by atoms with Crippen LogP contribution in [-0.2, 0) is 0 Å². The summed E-state index contributed by atoms with van der Waals surface area (Å²) in [6.07, 6.45) is 9.77. The molecule has 2 heteroatoms. The first-order valence-electron chi connectivity index (χ1n) is 6.82. The summed E-state index contributed by atoms with van der Waals surface area (Å²) in [4.78, 5) is 4.88. The van der Waals surface area contributed by atoms with Crippen molar-refractivity contribution in [3.8, 4) is 0 Å². The molecule has 88 valence electrons. The zero-order valence-corrected chi connectivity index (χ0v) is 10.9. The van der Waals surface area contributed by atoms with Crippen molar-refractivity contribution in [3.05, 3.63) is 16.1 Å². The standard InChI is InChI=1S/C14H21NS/c1-2-10-4-3-5-12(8-10)14-15-13(9-16-14)11-6-7-11/h9-12H,2-8H2,1H3. The minimum atomic E-state index is 0.788. The Balaban J connectivity index is 1.70. The van der Waals surface area contributed by atoms with Crippen LogP contribution in [0.1, 0.15) is 74.4 Å². The molecule has 0 radical (unpaired) electrons. The minimum absolute atomic E-state index is 0.788. The van der Waals surface area contributed by atoms with Gasteiger partial charge < -0.3 is 0 Å². The zero-order valence-electron chi connectivity index (χ0n) is 10.1. The first-order valence-corrected chi connectivity index (χ1v) is 7.70. The monoisotopic (exact) mass is 235 g/mol. The topological polar surface area (TPSA) is 12.9 Å². The largest absolute Gasteiger partial charge is 0.246 e. The molecule has 0 spiro atoms. The summed E-state index contributed by atoms with van der Waals surface area (Å²) in [6, 6.07) is 0. The third-order valence-electron chi connectivity index (χ3n) is 4.24. The van der Waals surface area contributed by atoms with Crippen molar-refractivity contribution in [1.82, 2.24) is 4.98 Å². The van der Waals surface area contributed by atoms with Crippen molar-refractivity contribution >= 4 is 11.3 Å². The van der Waals surface area contributed by atoms with E-state index in [1.165, 1.54) is 55.6 Å². The molecule has 16 heavy (non-hydrogen) atoms. The normalized spacial score (nSPS) is 30.6. The molecule has 2 saturated carbocycles. The lowest BCUT2D eigenvalue weighted by Crippen LogP contribution is -2.13. The molecule has 2 aliphatic rings. The van der Waals surface area contributed by atoms with Crippen LogP contribution in [0.15, 0.2) is 5.38 Å². The fourth-order valence-corrected chi connectivity index (χ4v) is 3.99. The van der Waals surface area contributed by atoms with Crippen LogP contribution in [0.2, 0.25) is 0 Å². The van der Waals surface area contributed by atoms with E-state index in [4.69, 9.17) is 4.98 Å². The Labute approximate surface area is 102 Å². The molecule has 1 aromatic rings. The van der Waals surface area contributed by atoms with Gasteiger partial charge >= 0.3 is 0 Å². The van der Waals surface area contributed by atoms with Gasteiger partial charge in [0, 0.05) is 17.2 Å². The predicted molar refractivity (Wildman–Crippen MR) is 69.1 cm³/mol. The maximum Gasteiger partial charge on any atom is 0.0959 e. The SMILES string of the molecule is CCC1CCCC(c2nc(C3CC3)cs2)C1. The van der Waals surface area contributed by atoms with Crippen LogP contribution in [0, 0.1) is 5.92 Å². The first kappa shape index (κ1) is 10.8. The van der Waals surface area contributed by atoms with E-state index in [0.29, 0.717) is 0 Å². The quantitative estimate of drug-likeness (QED) is 0.739. The third-order valence-corrected chi connectivity index (χ3v) is 5.27. The minimum Gasteiger partial charge on any atom is -0.246 e. The van der Waals surface area contributed by atoms with E-state index in [1.807, 2.05) is 11.3 Å². The van der Waals surface area contributed by atoms with Crippen LogP contribution in [-0.4, -0.2) is 4.98 Å². The van der Waals surface area contributed by atoms with E-state index >= 15 is 0 Å². The fraction of sp³-hybridized carbons (Fsp3) is 0.786. The van der Waals surface area contributed by atoms with E-state index in [1.54, 1.807) is 0 Å². The third kappa shape index (κ3) is 2.17. The second-order valence-electron chi connectivity index (χ2n) is 5.52. The van der Waals surface area contributed by atoms with Crippen molar-refractivity contribution in [2.75, 3.05) is 0 Å². The maximum atomic E-state index is 4.88. The van der Waals surface area contributed by atoms with Crippen molar-refractivity contribution in [2.24, 2.45) is 5.92 Å². The van der Waals surface area contributed by atoms with E-state index in [9.17, 15) is 0 Å². The molecule has 0 aromatic carbocycles. The van der Waals surface area contributed by atoms with Gasteiger partial charge in [-0.15, -0.1) is 11.3 Å². The number of aromatic nitrogens is 1. The van der Waals surface area contributed by atoms with Crippen LogP contribution in [0.3, 0.4) is 0 Å². The Morgan fingerprint density at radius 2 is 2.12 bits per heavy atom. The van der Waals surface area contributed by atoms with Gasteiger partial charge in [0.25, 0.3) is 0 Å². The maximum absolute atomic E-state index is 4.88. The predicted octanol–water partition coefficient (Wildman–Crippen LogP) is 4.70. The zero-order chi connectivity index (χ0) is 11.0. The molecule has 2 aliphatic carbocycles.